The lowest BCUT2D eigenvalue weighted by Crippen LogP contribution is -2.44. The van der Waals surface area contributed by atoms with Gasteiger partial charge in [0.05, 0.1) is 30.5 Å². The van der Waals surface area contributed by atoms with Crippen molar-refractivity contribution in [3.63, 3.8) is 0 Å². The van der Waals surface area contributed by atoms with Gasteiger partial charge in [-0.1, -0.05) is 18.2 Å². The average Bonchev–Trinajstić information content (AvgIpc) is 3.30. The van der Waals surface area contributed by atoms with Crippen molar-refractivity contribution in [1.29, 1.82) is 0 Å². The first-order valence-electron chi connectivity index (χ1n) is 9.27. The Labute approximate surface area is 163 Å². The first-order chi connectivity index (χ1) is 13.8. The SMILES string of the molecule is O=C(NC[C@@H](c1cccnc1)N1CCOCC1)c1ccccc1-n1cnnc1. The van der Waals surface area contributed by atoms with Crippen molar-refractivity contribution in [3.05, 3.63) is 72.6 Å². The summed E-state index contributed by atoms with van der Waals surface area (Å²) in [5.74, 6) is -0.133. The molecule has 0 radical (unpaired) electrons. The summed E-state index contributed by atoms with van der Waals surface area (Å²) in [5.41, 5.74) is 2.40. The summed E-state index contributed by atoms with van der Waals surface area (Å²) in [7, 11) is 0. The van der Waals surface area contributed by atoms with Crippen molar-refractivity contribution in [2.75, 3.05) is 32.8 Å². The number of hydrogen-bond donors (Lipinski definition) is 1. The highest BCUT2D eigenvalue weighted by atomic mass is 16.5. The number of benzene rings is 1. The molecule has 3 aromatic rings. The molecule has 1 N–H and O–H groups in total. The zero-order valence-corrected chi connectivity index (χ0v) is 15.4. The second-order valence-corrected chi connectivity index (χ2v) is 6.55. The van der Waals surface area contributed by atoms with Gasteiger partial charge in [-0.05, 0) is 23.8 Å². The normalized spacial score (nSPS) is 15.9. The van der Waals surface area contributed by atoms with E-state index in [-0.39, 0.29) is 11.9 Å². The number of carbonyl (C=O) groups is 1. The fourth-order valence-corrected chi connectivity index (χ4v) is 3.42. The van der Waals surface area contributed by atoms with Gasteiger partial charge in [-0.2, -0.15) is 0 Å². The maximum absolute atomic E-state index is 13.0. The van der Waals surface area contributed by atoms with Gasteiger partial charge < -0.3 is 10.1 Å². The fraction of sp³-hybridized carbons (Fsp3) is 0.300. The van der Waals surface area contributed by atoms with Crippen LogP contribution in [0.3, 0.4) is 0 Å². The molecule has 0 unspecified atom stereocenters. The number of aromatic nitrogens is 4. The molecule has 0 spiro atoms. The molecule has 8 nitrogen and oxygen atoms in total. The number of hydrogen-bond acceptors (Lipinski definition) is 6. The molecule has 1 aromatic carbocycles. The highest BCUT2D eigenvalue weighted by Crippen LogP contribution is 2.21. The topological polar surface area (TPSA) is 85.2 Å². The summed E-state index contributed by atoms with van der Waals surface area (Å²) in [6, 6.07) is 11.4. The van der Waals surface area contributed by atoms with E-state index in [9.17, 15) is 4.79 Å². The van der Waals surface area contributed by atoms with E-state index in [2.05, 4.69) is 25.4 Å². The molecule has 0 bridgehead atoms. The van der Waals surface area contributed by atoms with Crippen LogP contribution in [0.1, 0.15) is 22.0 Å². The Morgan fingerprint density at radius 2 is 1.89 bits per heavy atom. The first-order valence-corrected chi connectivity index (χ1v) is 9.27. The fourth-order valence-electron chi connectivity index (χ4n) is 3.42. The molecule has 3 heterocycles. The van der Waals surface area contributed by atoms with Crippen molar-refractivity contribution in [2.45, 2.75) is 6.04 Å². The number of nitrogens with one attached hydrogen (secondary N) is 1. The van der Waals surface area contributed by atoms with E-state index in [0.29, 0.717) is 25.3 Å². The van der Waals surface area contributed by atoms with Crippen LogP contribution in [0.2, 0.25) is 0 Å². The zero-order valence-electron chi connectivity index (χ0n) is 15.4. The van der Waals surface area contributed by atoms with Gasteiger partial charge in [0, 0.05) is 32.0 Å². The summed E-state index contributed by atoms with van der Waals surface area (Å²) in [4.78, 5) is 19.5. The average molecular weight is 378 g/mol. The van der Waals surface area contributed by atoms with Crippen LogP contribution in [-0.4, -0.2) is 63.4 Å². The van der Waals surface area contributed by atoms with Crippen LogP contribution < -0.4 is 5.32 Å². The molecule has 0 aliphatic carbocycles. The molecule has 2 aromatic heterocycles. The third-order valence-corrected chi connectivity index (χ3v) is 4.86. The number of ether oxygens (including phenoxy) is 1. The Hall–Kier alpha value is -3.10. The number of nitrogens with zero attached hydrogens (tertiary/aromatic N) is 5. The molecule has 1 amide bonds. The Balaban J connectivity index is 1.52. The molecule has 1 fully saturated rings. The minimum Gasteiger partial charge on any atom is -0.379 e. The van der Waals surface area contributed by atoms with E-state index in [1.54, 1.807) is 29.5 Å². The number of para-hydroxylation sites is 1. The Morgan fingerprint density at radius 3 is 2.64 bits per heavy atom. The van der Waals surface area contributed by atoms with E-state index in [4.69, 9.17) is 4.74 Å². The molecule has 8 heteroatoms. The monoisotopic (exact) mass is 378 g/mol. The Bertz CT molecular complexity index is 894. The van der Waals surface area contributed by atoms with Crippen LogP contribution in [0.25, 0.3) is 5.69 Å². The van der Waals surface area contributed by atoms with Gasteiger partial charge in [0.15, 0.2) is 0 Å². The number of carbonyl (C=O) groups excluding carboxylic acids is 1. The number of morpholine rings is 1. The molecule has 144 valence electrons. The smallest absolute Gasteiger partial charge is 0.253 e. The molecule has 1 atom stereocenters. The first kappa shape index (κ1) is 18.3. The van der Waals surface area contributed by atoms with Gasteiger partial charge in [0.1, 0.15) is 12.7 Å². The van der Waals surface area contributed by atoms with Crippen LogP contribution >= 0.6 is 0 Å². The number of rotatable bonds is 6. The lowest BCUT2D eigenvalue weighted by atomic mass is 10.1. The maximum Gasteiger partial charge on any atom is 0.253 e. The van der Waals surface area contributed by atoms with Crippen molar-refractivity contribution in [3.8, 4) is 5.69 Å². The Kier molecular flexibility index (Phi) is 5.69. The second-order valence-electron chi connectivity index (χ2n) is 6.55. The van der Waals surface area contributed by atoms with Crippen molar-refractivity contribution in [1.82, 2.24) is 30.0 Å². The lowest BCUT2D eigenvalue weighted by molar-refractivity contribution is 0.0161. The summed E-state index contributed by atoms with van der Waals surface area (Å²) < 4.78 is 7.21. The largest absolute Gasteiger partial charge is 0.379 e. The predicted molar refractivity (Wildman–Crippen MR) is 103 cm³/mol. The quantitative estimate of drug-likeness (QED) is 0.699. The van der Waals surface area contributed by atoms with E-state index in [0.717, 1.165) is 24.3 Å². The zero-order chi connectivity index (χ0) is 19.2. The van der Waals surface area contributed by atoms with Crippen molar-refractivity contribution < 1.29 is 9.53 Å². The third kappa shape index (κ3) is 4.08. The molecule has 0 saturated carbocycles. The second kappa shape index (κ2) is 8.73. The van der Waals surface area contributed by atoms with Crippen LogP contribution in [0.15, 0.2) is 61.4 Å². The van der Waals surface area contributed by atoms with Crippen molar-refractivity contribution in [2.24, 2.45) is 0 Å². The Morgan fingerprint density at radius 1 is 1.11 bits per heavy atom. The minimum atomic E-state index is -0.133. The highest BCUT2D eigenvalue weighted by Gasteiger charge is 2.24. The van der Waals surface area contributed by atoms with E-state index in [1.165, 1.54) is 0 Å². The summed E-state index contributed by atoms with van der Waals surface area (Å²) in [6.07, 6.45) is 6.78. The van der Waals surface area contributed by atoms with Gasteiger partial charge in [0.2, 0.25) is 0 Å². The molecule has 4 rings (SSSR count). The van der Waals surface area contributed by atoms with E-state index < -0.39 is 0 Å². The maximum atomic E-state index is 13.0. The molecular formula is C20H22N6O2. The van der Waals surface area contributed by atoms with Gasteiger partial charge in [-0.15, -0.1) is 10.2 Å². The number of pyridine rings is 1. The standard InChI is InChI=1S/C20H22N6O2/c27-20(17-5-1-2-6-18(17)26-14-23-24-15-26)22-13-19(16-4-3-7-21-12-16)25-8-10-28-11-9-25/h1-7,12,14-15,19H,8-11,13H2,(H,22,27)/t19-/m0/s1. The third-order valence-electron chi connectivity index (χ3n) is 4.86. The van der Waals surface area contributed by atoms with Gasteiger partial charge in [-0.3, -0.25) is 19.2 Å². The van der Waals surface area contributed by atoms with Gasteiger partial charge >= 0.3 is 0 Å². The summed E-state index contributed by atoms with van der Waals surface area (Å²) in [6.45, 7) is 3.53. The van der Waals surface area contributed by atoms with Crippen molar-refractivity contribution >= 4 is 5.91 Å². The number of amides is 1. The molecule has 1 saturated heterocycles. The lowest BCUT2D eigenvalue weighted by Gasteiger charge is -2.34. The minimum absolute atomic E-state index is 0.0450. The van der Waals surface area contributed by atoms with E-state index in [1.807, 2.05) is 36.5 Å². The predicted octanol–water partition coefficient (Wildman–Crippen LogP) is 1.47. The van der Waals surface area contributed by atoms with Gasteiger partial charge in [0.25, 0.3) is 5.91 Å². The van der Waals surface area contributed by atoms with Crippen LogP contribution in [0.5, 0.6) is 0 Å². The van der Waals surface area contributed by atoms with Crippen LogP contribution in [-0.2, 0) is 4.74 Å². The van der Waals surface area contributed by atoms with Crippen LogP contribution in [0.4, 0.5) is 0 Å². The summed E-state index contributed by atoms with van der Waals surface area (Å²) >= 11 is 0. The van der Waals surface area contributed by atoms with Crippen LogP contribution in [0, 0.1) is 0 Å². The molecular weight excluding hydrogens is 356 g/mol. The van der Waals surface area contributed by atoms with E-state index >= 15 is 0 Å². The molecule has 1 aliphatic rings. The molecule has 1 aliphatic heterocycles. The van der Waals surface area contributed by atoms with Gasteiger partial charge in [-0.25, -0.2) is 0 Å². The molecule has 28 heavy (non-hydrogen) atoms. The summed E-state index contributed by atoms with van der Waals surface area (Å²) in [5, 5.41) is 10.8. The highest BCUT2D eigenvalue weighted by molar-refractivity contribution is 5.97.